The van der Waals surface area contributed by atoms with E-state index < -0.39 is 15.8 Å². The SMILES string of the molecule is CCOC(=O)c1cncn1-n1cnc(S(=O)(=O)c2ccc(C)cc2)c1. The lowest BCUT2D eigenvalue weighted by atomic mass is 10.2. The highest BCUT2D eigenvalue weighted by Gasteiger charge is 2.22. The van der Waals surface area contributed by atoms with Crippen molar-refractivity contribution < 1.29 is 17.9 Å². The second kappa shape index (κ2) is 6.52. The highest BCUT2D eigenvalue weighted by Crippen LogP contribution is 2.19. The molecule has 9 heteroatoms. The van der Waals surface area contributed by atoms with Gasteiger partial charge in [0.05, 0.1) is 23.9 Å². The number of esters is 1. The minimum Gasteiger partial charge on any atom is -0.461 e. The predicted molar refractivity (Wildman–Crippen MR) is 87.8 cm³/mol. The monoisotopic (exact) mass is 360 g/mol. The van der Waals surface area contributed by atoms with E-state index in [4.69, 9.17) is 4.74 Å². The maximum atomic E-state index is 12.7. The minimum atomic E-state index is -3.75. The van der Waals surface area contributed by atoms with Gasteiger partial charge < -0.3 is 4.74 Å². The Balaban J connectivity index is 1.97. The number of hydrogen-bond acceptors (Lipinski definition) is 6. The maximum Gasteiger partial charge on any atom is 0.358 e. The van der Waals surface area contributed by atoms with Crippen molar-refractivity contribution in [3.63, 3.8) is 0 Å². The molecule has 25 heavy (non-hydrogen) atoms. The molecule has 2 heterocycles. The lowest BCUT2D eigenvalue weighted by molar-refractivity contribution is 0.0512. The van der Waals surface area contributed by atoms with Crippen molar-refractivity contribution in [2.24, 2.45) is 0 Å². The summed E-state index contributed by atoms with van der Waals surface area (Å²) in [7, 11) is -3.75. The summed E-state index contributed by atoms with van der Waals surface area (Å²) in [5.74, 6) is -0.559. The van der Waals surface area contributed by atoms with E-state index in [9.17, 15) is 13.2 Å². The fourth-order valence-electron chi connectivity index (χ4n) is 2.21. The van der Waals surface area contributed by atoms with Gasteiger partial charge in [0.25, 0.3) is 0 Å². The first kappa shape index (κ1) is 16.9. The number of hydrogen-bond donors (Lipinski definition) is 0. The molecule has 3 rings (SSSR count). The van der Waals surface area contributed by atoms with Crippen LogP contribution < -0.4 is 0 Å². The van der Waals surface area contributed by atoms with E-state index in [0.717, 1.165) is 5.56 Å². The van der Waals surface area contributed by atoms with E-state index in [0.29, 0.717) is 0 Å². The van der Waals surface area contributed by atoms with E-state index in [-0.39, 0.29) is 22.2 Å². The van der Waals surface area contributed by atoms with Crippen LogP contribution >= 0.6 is 0 Å². The van der Waals surface area contributed by atoms with E-state index >= 15 is 0 Å². The number of imidazole rings is 2. The van der Waals surface area contributed by atoms with Gasteiger partial charge in [-0.15, -0.1) is 0 Å². The van der Waals surface area contributed by atoms with Crippen molar-refractivity contribution in [3.05, 3.63) is 60.6 Å². The van der Waals surface area contributed by atoms with Crippen LogP contribution in [0.4, 0.5) is 0 Å². The van der Waals surface area contributed by atoms with Crippen LogP contribution in [0.2, 0.25) is 0 Å². The summed E-state index contributed by atoms with van der Waals surface area (Å²) in [6.07, 6.45) is 5.33. The van der Waals surface area contributed by atoms with Crippen molar-refractivity contribution in [3.8, 4) is 0 Å². The molecule has 0 unspecified atom stereocenters. The molecular weight excluding hydrogens is 344 g/mol. The van der Waals surface area contributed by atoms with Crippen molar-refractivity contribution in [1.29, 1.82) is 0 Å². The average molecular weight is 360 g/mol. The Morgan fingerprint density at radius 1 is 1.20 bits per heavy atom. The normalized spacial score (nSPS) is 11.4. The first-order chi connectivity index (χ1) is 11.9. The molecule has 0 fully saturated rings. The van der Waals surface area contributed by atoms with Gasteiger partial charge in [-0.1, -0.05) is 17.7 Å². The molecule has 0 aliphatic rings. The molecule has 0 amide bonds. The van der Waals surface area contributed by atoms with E-state index in [1.54, 1.807) is 19.1 Å². The van der Waals surface area contributed by atoms with Crippen molar-refractivity contribution in [2.45, 2.75) is 23.8 Å². The maximum absolute atomic E-state index is 12.7. The minimum absolute atomic E-state index is 0.125. The zero-order chi connectivity index (χ0) is 18.0. The molecule has 0 saturated heterocycles. The Bertz CT molecular complexity index is 1000. The first-order valence-corrected chi connectivity index (χ1v) is 8.97. The first-order valence-electron chi connectivity index (χ1n) is 7.49. The molecule has 130 valence electrons. The van der Waals surface area contributed by atoms with Gasteiger partial charge >= 0.3 is 5.97 Å². The molecule has 0 aliphatic carbocycles. The van der Waals surface area contributed by atoms with Crippen LogP contribution in [0, 0.1) is 6.92 Å². The number of ether oxygens (including phenoxy) is 1. The number of carbonyl (C=O) groups is 1. The molecular formula is C16H16N4O4S. The molecule has 0 N–H and O–H groups in total. The smallest absolute Gasteiger partial charge is 0.358 e. The summed E-state index contributed by atoms with van der Waals surface area (Å²) >= 11 is 0. The third-order valence-corrected chi connectivity index (χ3v) is 5.16. The van der Waals surface area contributed by atoms with Gasteiger partial charge in [-0.25, -0.2) is 32.5 Å². The summed E-state index contributed by atoms with van der Waals surface area (Å²) in [6.45, 7) is 3.80. The van der Waals surface area contributed by atoms with Crippen molar-refractivity contribution in [1.82, 2.24) is 19.3 Å². The molecule has 0 spiro atoms. The summed E-state index contributed by atoms with van der Waals surface area (Å²) in [6, 6.07) is 6.51. The number of nitrogens with zero attached hydrogens (tertiary/aromatic N) is 4. The Morgan fingerprint density at radius 3 is 2.60 bits per heavy atom. The standard InChI is InChI=1S/C16H16N4O4S/c1-3-24-16(21)14-8-17-10-20(14)19-9-15(18-11-19)25(22,23)13-6-4-12(2)5-7-13/h4-11H,3H2,1-2H3. The predicted octanol–water partition coefficient (Wildman–Crippen LogP) is 1.71. The van der Waals surface area contributed by atoms with E-state index in [1.165, 1.54) is 46.5 Å². The number of aromatic nitrogens is 4. The average Bonchev–Trinajstić information content (AvgIpc) is 3.25. The molecule has 0 bridgehead atoms. The van der Waals surface area contributed by atoms with Crippen LogP contribution in [0.3, 0.4) is 0 Å². The van der Waals surface area contributed by atoms with Gasteiger partial charge in [-0.3, -0.25) is 0 Å². The molecule has 2 aromatic heterocycles. The van der Waals surface area contributed by atoms with E-state index in [2.05, 4.69) is 9.97 Å². The summed E-state index contributed by atoms with van der Waals surface area (Å²) in [5, 5.41) is -0.125. The number of aryl methyl sites for hydroxylation is 1. The second-order valence-corrected chi connectivity index (χ2v) is 7.15. The Labute approximate surface area is 144 Å². The highest BCUT2D eigenvalue weighted by atomic mass is 32.2. The third-order valence-electron chi connectivity index (χ3n) is 3.51. The topological polar surface area (TPSA) is 96.1 Å². The quantitative estimate of drug-likeness (QED) is 0.643. The van der Waals surface area contributed by atoms with Gasteiger partial charge in [0.2, 0.25) is 9.84 Å². The Morgan fingerprint density at radius 2 is 1.92 bits per heavy atom. The van der Waals surface area contributed by atoms with Crippen molar-refractivity contribution >= 4 is 15.8 Å². The fourth-order valence-corrected chi connectivity index (χ4v) is 3.38. The van der Waals surface area contributed by atoms with Crippen LogP contribution in [0.5, 0.6) is 0 Å². The molecule has 3 aromatic rings. The van der Waals surface area contributed by atoms with Gasteiger partial charge in [-0.05, 0) is 26.0 Å². The number of sulfone groups is 1. The van der Waals surface area contributed by atoms with Crippen LogP contribution in [-0.4, -0.2) is 40.3 Å². The van der Waals surface area contributed by atoms with Crippen LogP contribution in [0.1, 0.15) is 23.0 Å². The van der Waals surface area contributed by atoms with Gasteiger partial charge in [0.1, 0.15) is 12.7 Å². The van der Waals surface area contributed by atoms with E-state index in [1.807, 2.05) is 6.92 Å². The zero-order valence-electron chi connectivity index (χ0n) is 13.7. The molecule has 0 saturated carbocycles. The molecule has 1 aromatic carbocycles. The van der Waals surface area contributed by atoms with Gasteiger partial charge in [0, 0.05) is 0 Å². The Kier molecular flexibility index (Phi) is 4.41. The van der Waals surface area contributed by atoms with Crippen molar-refractivity contribution in [2.75, 3.05) is 6.61 Å². The zero-order valence-corrected chi connectivity index (χ0v) is 14.5. The second-order valence-electron chi connectivity index (χ2n) is 5.25. The molecule has 0 radical (unpaired) electrons. The highest BCUT2D eigenvalue weighted by molar-refractivity contribution is 7.91. The van der Waals surface area contributed by atoms with Crippen LogP contribution in [0.15, 0.2) is 59.2 Å². The number of rotatable bonds is 5. The lowest BCUT2D eigenvalue weighted by Crippen LogP contribution is -2.16. The molecule has 0 aliphatic heterocycles. The molecule has 8 nitrogen and oxygen atoms in total. The Hall–Kier alpha value is -2.94. The number of carbonyl (C=O) groups excluding carboxylic acids is 1. The summed E-state index contributed by atoms with van der Waals surface area (Å²) in [5.41, 5.74) is 1.13. The largest absolute Gasteiger partial charge is 0.461 e. The number of benzene rings is 1. The fraction of sp³-hybridized carbons (Fsp3) is 0.188. The third kappa shape index (κ3) is 3.18. The van der Waals surface area contributed by atoms with Crippen LogP contribution in [0.25, 0.3) is 0 Å². The lowest BCUT2D eigenvalue weighted by Gasteiger charge is -2.07. The summed E-state index contributed by atoms with van der Waals surface area (Å²) < 4.78 is 33.0. The molecule has 0 atom stereocenters. The van der Waals surface area contributed by atoms with Gasteiger partial charge in [0.15, 0.2) is 10.7 Å². The van der Waals surface area contributed by atoms with Gasteiger partial charge in [-0.2, -0.15) is 0 Å². The summed E-state index contributed by atoms with van der Waals surface area (Å²) in [4.78, 5) is 19.9. The van der Waals surface area contributed by atoms with Crippen LogP contribution in [-0.2, 0) is 14.6 Å².